The van der Waals surface area contributed by atoms with Crippen molar-refractivity contribution < 1.29 is 0 Å². The summed E-state index contributed by atoms with van der Waals surface area (Å²) in [6.07, 6.45) is 3.50. The molecule has 2 N–H and O–H groups in total. The molecule has 0 aliphatic carbocycles. The Morgan fingerprint density at radius 3 is 2.22 bits per heavy atom. The van der Waals surface area contributed by atoms with Crippen LogP contribution < -0.4 is 10.6 Å². The van der Waals surface area contributed by atoms with E-state index in [1.54, 1.807) is 0 Å². The number of nitrogens with zero attached hydrogens (tertiary/aromatic N) is 3. The molecule has 4 heteroatoms. The Morgan fingerprint density at radius 2 is 1.72 bits per heavy atom. The first-order valence-electron chi connectivity index (χ1n) is 6.91. The summed E-state index contributed by atoms with van der Waals surface area (Å²) >= 11 is 0. The van der Waals surface area contributed by atoms with Gasteiger partial charge in [-0.1, -0.05) is 6.92 Å². The fourth-order valence-corrected chi connectivity index (χ4v) is 2.51. The van der Waals surface area contributed by atoms with Crippen molar-refractivity contribution in [2.75, 3.05) is 24.5 Å². The van der Waals surface area contributed by atoms with Crippen LogP contribution in [-0.4, -0.2) is 29.6 Å². The first-order valence-corrected chi connectivity index (χ1v) is 6.91. The van der Waals surface area contributed by atoms with E-state index in [1.807, 2.05) is 0 Å². The number of aromatic nitrogens is 2. The molecule has 1 saturated heterocycles. The van der Waals surface area contributed by atoms with Gasteiger partial charge in [0, 0.05) is 24.5 Å². The molecule has 0 bridgehead atoms. The fraction of sp³-hybridized carbons (Fsp3) is 0.714. The maximum absolute atomic E-state index is 5.70. The predicted octanol–water partition coefficient (Wildman–Crippen LogP) is 1.83. The molecule has 1 aromatic heterocycles. The van der Waals surface area contributed by atoms with Crippen molar-refractivity contribution in [3.63, 3.8) is 0 Å². The standard InChI is InChI=1S/C14H24N4/c1-10(9-15)8-13-11(2)16-14(17-12(13)3)18-6-4-5-7-18/h10H,4-9,15H2,1-3H3. The maximum Gasteiger partial charge on any atom is 0.225 e. The van der Waals surface area contributed by atoms with Gasteiger partial charge in [0.15, 0.2) is 0 Å². The Labute approximate surface area is 110 Å². The van der Waals surface area contributed by atoms with Gasteiger partial charge >= 0.3 is 0 Å². The molecule has 1 aliphatic heterocycles. The Bertz CT molecular complexity index is 387. The van der Waals surface area contributed by atoms with Gasteiger partial charge in [-0.3, -0.25) is 0 Å². The van der Waals surface area contributed by atoms with Gasteiger partial charge in [0.2, 0.25) is 5.95 Å². The minimum Gasteiger partial charge on any atom is -0.341 e. The van der Waals surface area contributed by atoms with Crippen molar-refractivity contribution in [1.82, 2.24) is 9.97 Å². The Hall–Kier alpha value is -1.16. The number of hydrogen-bond donors (Lipinski definition) is 1. The molecule has 18 heavy (non-hydrogen) atoms. The van der Waals surface area contributed by atoms with E-state index in [-0.39, 0.29) is 0 Å². The summed E-state index contributed by atoms with van der Waals surface area (Å²) < 4.78 is 0. The lowest BCUT2D eigenvalue weighted by Gasteiger charge is -2.19. The van der Waals surface area contributed by atoms with E-state index in [2.05, 4.69) is 35.6 Å². The molecule has 2 rings (SSSR count). The monoisotopic (exact) mass is 248 g/mol. The largest absolute Gasteiger partial charge is 0.341 e. The molecule has 1 atom stereocenters. The van der Waals surface area contributed by atoms with E-state index in [9.17, 15) is 0 Å². The normalized spacial score (nSPS) is 17.2. The van der Waals surface area contributed by atoms with Crippen molar-refractivity contribution in [1.29, 1.82) is 0 Å². The third-order valence-corrected chi connectivity index (χ3v) is 3.75. The van der Waals surface area contributed by atoms with Crippen molar-refractivity contribution in [3.8, 4) is 0 Å². The molecular weight excluding hydrogens is 224 g/mol. The Kier molecular flexibility index (Phi) is 4.17. The summed E-state index contributed by atoms with van der Waals surface area (Å²) in [5, 5.41) is 0. The van der Waals surface area contributed by atoms with Gasteiger partial charge in [0.25, 0.3) is 0 Å². The van der Waals surface area contributed by atoms with Crippen molar-refractivity contribution in [3.05, 3.63) is 17.0 Å². The van der Waals surface area contributed by atoms with Gasteiger partial charge in [-0.25, -0.2) is 9.97 Å². The van der Waals surface area contributed by atoms with Crippen LogP contribution in [-0.2, 0) is 6.42 Å². The lowest BCUT2D eigenvalue weighted by atomic mass is 9.99. The fourth-order valence-electron chi connectivity index (χ4n) is 2.51. The van der Waals surface area contributed by atoms with Crippen LogP contribution in [0.1, 0.15) is 36.7 Å². The van der Waals surface area contributed by atoms with E-state index in [0.717, 1.165) is 36.8 Å². The summed E-state index contributed by atoms with van der Waals surface area (Å²) in [4.78, 5) is 11.6. The predicted molar refractivity (Wildman–Crippen MR) is 74.9 cm³/mol. The van der Waals surface area contributed by atoms with E-state index in [4.69, 9.17) is 5.73 Å². The number of aryl methyl sites for hydroxylation is 2. The molecule has 2 heterocycles. The first kappa shape index (κ1) is 13.3. The summed E-state index contributed by atoms with van der Waals surface area (Å²) in [5.41, 5.74) is 9.21. The van der Waals surface area contributed by atoms with Crippen LogP contribution in [0.4, 0.5) is 5.95 Å². The molecule has 0 radical (unpaired) electrons. The zero-order chi connectivity index (χ0) is 13.1. The molecular formula is C14H24N4. The van der Waals surface area contributed by atoms with Gasteiger partial charge in [0.05, 0.1) is 0 Å². The van der Waals surface area contributed by atoms with Crippen LogP contribution in [0.3, 0.4) is 0 Å². The molecule has 1 aliphatic rings. The third-order valence-electron chi connectivity index (χ3n) is 3.75. The highest BCUT2D eigenvalue weighted by Crippen LogP contribution is 2.21. The Morgan fingerprint density at radius 1 is 1.17 bits per heavy atom. The zero-order valence-electron chi connectivity index (χ0n) is 11.7. The molecule has 1 fully saturated rings. The van der Waals surface area contributed by atoms with Gasteiger partial charge in [-0.05, 0) is 51.1 Å². The average Bonchev–Trinajstić information content (AvgIpc) is 2.87. The number of anilines is 1. The van der Waals surface area contributed by atoms with Crippen LogP contribution in [0.5, 0.6) is 0 Å². The molecule has 0 spiro atoms. The average molecular weight is 248 g/mol. The lowest BCUT2D eigenvalue weighted by Crippen LogP contribution is -2.22. The third kappa shape index (κ3) is 2.80. The maximum atomic E-state index is 5.70. The molecule has 1 aromatic rings. The highest BCUT2D eigenvalue weighted by atomic mass is 15.3. The summed E-state index contributed by atoms with van der Waals surface area (Å²) in [6, 6.07) is 0. The number of hydrogen-bond acceptors (Lipinski definition) is 4. The number of rotatable bonds is 4. The second-order valence-electron chi connectivity index (χ2n) is 5.41. The molecule has 0 amide bonds. The zero-order valence-corrected chi connectivity index (χ0v) is 11.7. The molecule has 100 valence electrons. The minimum atomic E-state index is 0.489. The van der Waals surface area contributed by atoms with E-state index in [0.29, 0.717) is 12.5 Å². The molecule has 0 aromatic carbocycles. The molecule has 4 nitrogen and oxygen atoms in total. The van der Waals surface area contributed by atoms with Gasteiger partial charge in [0.1, 0.15) is 0 Å². The van der Waals surface area contributed by atoms with Crippen LogP contribution in [0.25, 0.3) is 0 Å². The van der Waals surface area contributed by atoms with Crippen molar-refractivity contribution in [2.45, 2.75) is 40.0 Å². The summed E-state index contributed by atoms with van der Waals surface area (Å²) in [5.74, 6) is 1.40. The smallest absolute Gasteiger partial charge is 0.225 e. The quantitative estimate of drug-likeness (QED) is 0.883. The van der Waals surface area contributed by atoms with E-state index >= 15 is 0 Å². The van der Waals surface area contributed by atoms with Crippen LogP contribution >= 0.6 is 0 Å². The van der Waals surface area contributed by atoms with Crippen molar-refractivity contribution >= 4 is 5.95 Å². The SMILES string of the molecule is Cc1nc(N2CCCC2)nc(C)c1CC(C)CN. The van der Waals surface area contributed by atoms with Crippen molar-refractivity contribution in [2.24, 2.45) is 11.7 Å². The van der Waals surface area contributed by atoms with E-state index < -0.39 is 0 Å². The Balaban J connectivity index is 2.22. The van der Waals surface area contributed by atoms with E-state index in [1.165, 1.54) is 18.4 Å². The van der Waals surface area contributed by atoms with Gasteiger partial charge < -0.3 is 10.6 Å². The summed E-state index contributed by atoms with van der Waals surface area (Å²) in [6.45, 7) is 9.26. The number of nitrogens with two attached hydrogens (primary N) is 1. The van der Waals surface area contributed by atoms with Gasteiger partial charge in [-0.15, -0.1) is 0 Å². The summed E-state index contributed by atoms with van der Waals surface area (Å²) in [7, 11) is 0. The second kappa shape index (κ2) is 5.65. The first-order chi connectivity index (χ1) is 8.61. The molecule has 0 saturated carbocycles. The lowest BCUT2D eigenvalue weighted by molar-refractivity contribution is 0.585. The van der Waals surface area contributed by atoms with Crippen LogP contribution in [0, 0.1) is 19.8 Å². The highest BCUT2D eigenvalue weighted by molar-refractivity contribution is 5.37. The highest BCUT2D eigenvalue weighted by Gasteiger charge is 2.18. The van der Waals surface area contributed by atoms with Crippen LogP contribution in [0.15, 0.2) is 0 Å². The topological polar surface area (TPSA) is 55.0 Å². The second-order valence-corrected chi connectivity index (χ2v) is 5.41. The van der Waals surface area contributed by atoms with Crippen LogP contribution in [0.2, 0.25) is 0 Å². The minimum absolute atomic E-state index is 0.489. The van der Waals surface area contributed by atoms with Gasteiger partial charge in [-0.2, -0.15) is 0 Å². The molecule has 1 unspecified atom stereocenters.